The van der Waals surface area contributed by atoms with Crippen LogP contribution in [0.15, 0.2) is 53.0 Å². The van der Waals surface area contributed by atoms with Gasteiger partial charge in [-0.15, -0.1) is 0 Å². The zero-order chi connectivity index (χ0) is 14.5. The van der Waals surface area contributed by atoms with Gasteiger partial charge in [-0.25, -0.2) is 4.39 Å². The van der Waals surface area contributed by atoms with E-state index in [0.717, 1.165) is 5.56 Å². The molecule has 4 heteroatoms. The Balaban J connectivity index is 2.23. The van der Waals surface area contributed by atoms with Gasteiger partial charge >= 0.3 is 0 Å². The first kappa shape index (κ1) is 14.7. The van der Waals surface area contributed by atoms with E-state index in [1.54, 1.807) is 11.0 Å². The summed E-state index contributed by atoms with van der Waals surface area (Å²) in [5.74, 6) is -0.792. The SMILES string of the molecule is CCN(Cc1ccccc1)C(=O)c1cc(Br)ccc1F. The molecule has 2 rings (SSSR count). The van der Waals surface area contributed by atoms with Gasteiger partial charge < -0.3 is 4.90 Å². The Morgan fingerprint density at radius 1 is 1.20 bits per heavy atom. The maximum Gasteiger partial charge on any atom is 0.257 e. The van der Waals surface area contributed by atoms with Crippen molar-refractivity contribution in [1.82, 2.24) is 4.90 Å². The maximum absolute atomic E-state index is 13.8. The predicted octanol–water partition coefficient (Wildman–Crippen LogP) is 4.25. The third kappa shape index (κ3) is 3.45. The summed E-state index contributed by atoms with van der Waals surface area (Å²) in [5, 5.41) is 0. The fraction of sp³-hybridized carbons (Fsp3) is 0.188. The largest absolute Gasteiger partial charge is 0.335 e. The van der Waals surface area contributed by atoms with Crippen molar-refractivity contribution >= 4 is 21.8 Å². The molecule has 0 radical (unpaired) electrons. The lowest BCUT2D eigenvalue weighted by Crippen LogP contribution is -2.31. The van der Waals surface area contributed by atoms with E-state index in [1.807, 2.05) is 37.3 Å². The van der Waals surface area contributed by atoms with E-state index >= 15 is 0 Å². The van der Waals surface area contributed by atoms with Crippen LogP contribution in [0.2, 0.25) is 0 Å². The van der Waals surface area contributed by atoms with Gasteiger partial charge in [0.2, 0.25) is 0 Å². The minimum Gasteiger partial charge on any atom is -0.335 e. The molecule has 0 aliphatic carbocycles. The number of halogens is 2. The Kier molecular flexibility index (Phi) is 4.90. The van der Waals surface area contributed by atoms with E-state index in [-0.39, 0.29) is 11.5 Å². The topological polar surface area (TPSA) is 20.3 Å². The summed E-state index contributed by atoms with van der Waals surface area (Å²) >= 11 is 3.27. The summed E-state index contributed by atoms with van der Waals surface area (Å²) in [6.45, 7) is 2.89. The standard InChI is InChI=1S/C16H15BrFNO/c1-2-19(11-12-6-4-3-5-7-12)16(20)14-10-13(17)8-9-15(14)18/h3-10H,2,11H2,1H3. The molecule has 2 aromatic rings. The highest BCUT2D eigenvalue weighted by Crippen LogP contribution is 2.18. The lowest BCUT2D eigenvalue weighted by Gasteiger charge is -2.21. The molecule has 2 nitrogen and oxygen atoms in total. The Hall–Kier alpha value is -1.68. The monoisotopic (exact) mass is 335 g/mol. The normalized spacial score (nSPS) is 10.3. The van der Waals surface area contributed by atoms with Gasteiger partial charge in [-0.2, -0.15) is 0 Å². The van der Waals surface area contributed by atoms with Crippen LogP contribution in [0.25, 0.3) is 0 Å². The summed E-state index contributed by atoms with van der Waals surface area (Å²) in [7, 11) is 0. The lowest BCUT2D eigenvalue weighted by molar-refractivity contribution is 0.0748. The molecule has 0 aromatic heterocycles. The van der Waals surface area contributed by atoms with E-state index in [4.69, 9.17) is 0 Å². The zero-order valence-electron chi connectivity index (χ0n) is 11.1. The van der Waals surface area contributed by atoms with E-state index < -0.39 is 5.82 Å². The zero-order valence-corrected chi connectivity index (χ0v) is 12.7. The van der Waals surface area contributed by atoms with Gasteiger partial charge in [0, 0.05) is 17.6 Å². The molecule has 0 aliphatic rings. The Labute approximate surface area is 126 Å². The highest BCUT2D eigenvalue weighted by molar-refractivity contribution is 9.10. The minimum absolute atomic E-state index is 0.0946. The molecule has 1 amide bonds. The van der Waals surface area contributed by atoms with Crippen LogP contribution in [0.3, 0.4) is 0 Å². The number of hydrogen-bond donors (Lipinski definition) is 0. The van der Waals surface area contributed by atoms with Crippen LogP contribution in [0.5, 0.6) is 0 Å². The van der Waals surface area contributed by atoms with Gasteiger partial charge in [0.25, 0.3) is 5.91 Å². The van der Waals surface area contributed by atoms with Crippen molar-refractivity contribution in [2.45, 2.75) is 13.5 Å². The van der Waals surface area contributed by atoms with Gasteiger partial charge in [0.1, 0.15) is 5.82 Å². The first-order chi connectivity index (χ1) is 9.61. The summed E-state index contributed by atoms with van der Waals surface area (Å²) in [6.07, 6.45) is 0. The van der Waals surface area contributed by atoms with Crippen LogP contribution in [-0.2, 0) is 6.54 Å². The minimum atomic E-state index is -0.496. The third-order valence-electron chi connectivity index (χ3n) is 3.04. The van der Waals surface area contributed by atoms with Crippen LogP contribution in [0, 0.1) is 5.82 Å². The molecular weight excluding hydrogens is 321 g/mol. The molecule has 0 N–H and O–H groups in total. The number of carbonyl (C=O) groups is 1. The second-order valence-corrected chi connectivity index (χ2v) is 5.34. The quantitative estimate of drug-likeness (QED) is 0.817. The average Bonchev–Trinajstić information content (AvgIpc) is 2.47. The Morgan fingerprint density at radius 3 is 2.55 bits per heavy atom. The second kappa shape index (κ2) is 6.66. The van der Waals surface area contributed by atoms with Crippen molar-refractivity contribution in [1.29, 1.82) is 0 Å². The molecule has 2 aromatic carbocycles. The van der Waals surface area contributed by atoms with Crippen molar-refractivity contribution < 1.29 is 9.18 Å². The molecule has 0 bridgehead atoms. The van der Waals surface area contributed by atoms with Crippen molar-refractivity contribution in [3.63, 3.8) is 0 Å². The highest BCUT2D eigenvalue weighted by atomic mass is 79.9. The second-order valence-electron chi connectivity index (χ2n) is 4.43. The number of carbonyl (C=O) groups excluding carboxylic acids is 1. The number of hydrogen-bond acceptors (Lipinski definition) is 1. The van der Waals surface area contributed by atoms with Crippen molar-refractivity contribution in [3.05, 3.63) is 69.9 Å². The maximum atomic E-state index is 13.8. The summed E-state index contributed by atoms with van der Waals surface area (Å²) in [4.78, 5) is 14.0. The van der Waals surface area contributed by atoms with Gasteiger partial charge in [-0.05, 0) is 30.7 Å². The van der Waals surface area contributed by atoms with Gasteiger partial charge in [-0.1, -0.05) is 46.3 Å². The molecule has 0 spiro atoms. The van der Waals surface area contributed by atoms with Gasteiger partial charge in [0.05, 0.1) is 5.56 Å². The number of benzene rings is 2. The molecule has 0 heterocycles. The van der Waals surface area contributed by atoms with Crippen molar-refractivity contribution in [2.75, 3.05) is 6.54 Å². The van der Waals surface area contributed by atoms with Gasteiger partial charge in [-0.3, -0.25) is 4.79 Å². The molecule has 0 saturated heterocycles. The lowest BCUT2D eigenvalue weighted by atomic mass is 10.1. The van der Waals surface area contributed by atoms with Crippen molar-refractivity contribution in [2.24, 2.45) is 0 Å². The molecule has 0 aliphatic heterocycles. The number of rotatable bonds is 4. The summed E-state index contributed by atoms with van der Waals surface area (Å²) in [5.41, 5.74) is 1.12. The smallest absolute Gasteiger partial charge is 0.257 e. The van der Waals surface area contributed by atoms with Crippen LogP contribution < -0.4 is 0 Å². The third-order valence-corrected chi connectivity index (χ3v) is 3.54. The molecule has 0 saturated carbocycles. The van der Waals surface area contributed by atoms with E-state index in [0.29, 0.717) is 17.6 Å². The molecule has 0 fully saturated rings. The van der Waals surface area contributed by atoms with E-state index in [2.05, 4.69) is 15.9 Å². The average molecular weight is 336 g/mol. The van der Waals surface area contributed by atoms with E-state index in [9.17, 15) is 9.18 Å². The molecule has 0 unspecified atom stereocenters. The van der Waals surface area contributed by atoms with Crippen LogP contribution in [0.4, 0.5) is 4.39 Å². The summed E-state index contributed by atoms with van der Waals surface area (Å²) < 4.78 is 14.5. The predicted molar refractivity (Wildman–Crippen MR) is 81.0 cm³/mol. The van der Waals surface area contributed by atoms with Crippen LogP contribution in [-0.4, -0.2) is 17.4 Å². The van der Waals surface area contributed by atoms with Crippen LogP contribution in [0.1, 0.15) is 22.8 Å². The first-order valence-electron chi connectivity index (χ1n) is 6.40. The summed E-state index contributed by atoms with van der Waals surface area (Å²) in [6, 6.07) is 14.1. The number of nitrogens with zero attached hydrogens (tertiary/aromatic N) is 1. The fourth-order valence-electron chi connectivity index (χ4n) is 1.96. The molecule has 0 atom stereocenters. The Bertz CT molecular complexity index is 601. The first-order valence-corrected chi connectivity index (χ1v) is 7.19. The Morgan fingerprint density at radius 2 is 1.90 bits per heavy atom. The van der Waals surface area contributed by atoms with Gasteiger partial charge in [0.15, 0.2) is 0 Å². The number of amides is 1. The molecule has 20 heavy (non-hydrogen) atoms. The fourth-order valence-corrected chi connectivity index (χ4v) is 2.32. The molecular formula is C16H15BrFNO. The highest BCUT2D eigenvalue weighted by Gasteiger charge is 2.18. The molecule has 104 valence electrons. The van der Waals surface area contributed by atoms with Crippen molar-refractivity contribution in [3.8, 4) is 0 Å². The van der Waals surface area contributed by atoms with Crippen LogP contribution >= 0.6 is 15.9 Å². The van der Waals surface area contributed by atoms with E-state index in [1.165, 1.54) is 12.1 Å².